The molecule has 1 aliphatic heterocycles. The molecule has 1 aliphatic rings. The Morgan fingerprint density at radius 1 is 1.06 bits per heavy atom. The van der Waals surface area contributed by atoms with E-state index < -0.39 is 0 Å². The first-order chi connectivity index (χ1) is 8.36. The molecule has 0 aliphatic carbocycles. The van der Waals surface area contributed by atoms with Gasteiger partial charge in [-0.05, 0) is 45.3 Å². The summed E-state index contributed by atoms with van der Waals surface area (Å²) in [6.45, 7) is 8.11. The van der Waals surface area contributed by atoms with Gasteiger partial charge >= 0.3 is 7.12 Å². The highest BCUT2D eigenvalue weighted by Gasteiger charge is 2.51. The fourth-order valence-corrected chi connectivity index (χ4v) is 1.79. The molecule has 1 aromatic carbocycles. The molecule has 0 radical (unpaired) electrons. The lowest BCUT2D eigenvalue weighted by atomic mass is 9.79. The van der Waals surface area contributed by atoms with Gasteiger partial charge in [0.1, 0.15) is 0 Å². The zero-order valence-corrected chi connectivity index (χ0v) is 11.2. The lowest BCUT2D eigenvalue weighted by Gasteiger charge is -2.32. The number of nitrogens with zero attached hydrogens (tertiary/aromatic N) is 2. The molecule has 1 heterocycles. The van der Waals surface area contributed by atoms with Gasteiger partial charge in [-0.15, -0.1) is 0 Å². The molecule has 0 saturated carbocycles. The van der Waals surface area contributed by atoms with Gasteiger partial charge in [-0.25, -0.2) is 0 Å². The maximum absolute atomic E-state index is 8.46. The lowest BCUT2D eigenvalue weighted by Crippen LogP contribution is -2.41. The van der Waals surface area contributed by atoms with Gasteiger partial charge in [-0.1, -0.05) is 12.1 Å². The smallest absolute Gasteiger partial charge is 0.399 e. The molecule has 0 aromatic heterocycles. The molecular weight excluding hydrogens is 227 g/mol. The van der Waals surface area contributed by atoms with Gasteiger partial charge in [-0.3, -0.25) is 0 Å². The second-order valence-electron chi connectivity index (χ2n) is 5.50. The molecule has 0 N–H and O–H groups in total. The molecule has 0 spiro atoms. The molecular formula is C13H17BN2O2. The predicted octanol–water partition coefficient (Wildman–Crippen LogP) is 1.63. The van der Waals surface area contributed by atoms with Crippen LogP contribution in [0.25, 0.3) is 5.53 Å². The van der Waals surface area contributed by atoms with Crippen LogP contribution >= 0.6 is 0 Å². The third-order valence-corrected chi connectivity index (χ3v) is 3.67. The minimum Gasteiger partial charge on any atom is -0.399 e. The first-order valence-electron chi connectivity index (χ1n) is 5.99. The summed E-state index contributed by atoms with van der Waals surface area (Å²) in [4.78, 5) is 2.99. The summed E-state index contributed by atoms with van der Waals surface area (Å²) in [7, 11) is -0.352. The van der Waals surface area contributed by atoms with E-state index in [0.29, 0.717) is 0 Å². The Morgan fingerprint density at radius 2 is 1.56 bits per heavy atom. The topological polar surface area (TPSA) is 54.9 Å². The van der Waals surface area contributed by atoms with E-state index in [9.17, 15) is 0 Å². The summed E-state index contributed by atoms with van der Waals surface area (Å²) in [5.74, 6) is 0. The fourth-order valence-electron chi connectivity index (χ4n) is 1.79. The third kappa shape index (κ3) is 2.25. The molecule has 0 unspecified atom stereocenters. The molecule has 4 nitrogen and oxygen atoms in total. The van der Waals surface area contributed by atoms with Crippen LogP contribution in [-0.2, 0) is 9.31 Å². The summed E-state index contributed by atoms with van der Waals surface area (Å²) in [6.07, 6.45) is 1.38. The molecule has 0 atom stereocenters. The van der Waals surface area contributed by atoms with Crippen molar-refractivity contribution in [3.05, 3.63) is 35.4 Å². The van der Waals surface area contributed by atoms with Crippen LogP contribution in [0.1, 0.15) is 33.3 Å². The molecule has 1 saturated heterocycles. The van der Waals surface area contributed by atoms with Crippen molar-refractivity contribution in [1.82, 2.24) is 0 Å². The van der Waals surface area contributed by atoms with Gasteiger partial charge in [0.25, 0.3) is 6.21 Å². The van der Waals surface area contributed by atoms with Crippen LogP contribution in [0.15, 0.2) is 24.3 Å². The maximum Gasteiger partial charge on any atom is 0.494 e. The van der Waals surface area contributed by atoms with Crippen LogP contribution in [0.5, 0.6) is 0 Å². The van der Waals surface area contributed by atoms with Gasteiger partial charge in [0.05, 0.1) is 16.8 Å². The molecule has 2 rings (SSSR count). The van der Waals surface area contributed by atoms with Crippen LogP contribution in [0.4, 0.5) is 0 Å². The van der Waals surface area contributed by atoms with Crippen molar-refractivity contribution in [3.63, 3.8) is 0 Å². The maximum atomic E-state index is 8.46. The van der Waals surface area contributed by atoms with Gasteiger partial charge in [0, 0.05) is 0 Å². The lowest BCUT2D eigenvalue weighted by molar-refractivity contribution is 0.00456. The van der Waals surface area contributed by atoms with E-state index in [2.05, 4.69) is 4.79 Å². The normalized spacial score (nSPS) is 20.6. The highest BCUT2D eigenvalue weighted by atomic mass is 16.7. The Hall–Kier alpha value is -1.42. The monoisotopic (exact) mass is 244 g/mol. The van der Waals surface area contributed by atoms with E-state index in [1.165, 1.54) is 6.21 Å². The SMILES string of the molecule is CC1(C)OB(c2ccc(C=[N+]=[N-])cc2)OC1(C)C. The third-order valence-electron chi connectivity index (χ3n) is 3.67. The largest absolute Gasteiger partial charge is 0.494 e. The molecule has 1 fully saturated rings. The zero-order chi connectivity index (χ0) is 13.4. The molecule has 0 bridgehead atoms. The standard InChI is InChI=1S/C13H17BN2O2/c1-12(2)13(3,4)18-14(17-12)11-7-5-10(6-8-11)9-16-15/h5-9H,1-4H3. The van der Waals surface area contributed by atoms with Crippen molar-refractivity contribution in [3.8, 4) is 0 Å². The number of hydrogen-bond donors (Lipinski definition) is 0. The minimum absolute atomic E-state index is 0.330. The number of hydrogen-bond acceptors (Lipinski definition) is 2. The number of rotatable bonds is 2. The van der Waals surface area contributed by atoms with E-state index in [1.807, 2.05) is 52.0 Å². The van der Waals surface area contributed by atoms with Crippen LogP contribution in [-0.4, -0.2) is 29.3 Å². The molecule has 0 amide bonds. The van der Waals surface area contributed by atoms with Crippen molar-refractivity contribution >= 4 is 18.8 Å². The number of benzene rings is 1. The second-order valence-corrected chi connectivity index (χ2v) is 5.50. The average Bonchev–Trinajstić information content (AvgIpc) is 2.50. The summed E-state index contributed by atoms with van der Waals surface area (Å²) < 4.78 is 11.9. The Kier molecular flexibility index (Phi) is 3.15. The predicted molar refractivity (Wildman–Crippen MR) is 70.9 cm³/mol. The Labute approximate surface area is 108 Å². The van der Waals surface area contributed by atoms with Gasteiger partial charge in [0.2, 0.25) is 0 Å². The summed E-state index contributed by atoms with van der Waals surface area (Å²) in [5, 5.41) is 0. The molecule has 1 aromatic rings. The average molecular weight is 244 g/mol. The van der Waals surface area contributed by atoms with E-state index >= 15 is 0 Å². The first-order valence-corrected chi connectivity index (χ1v) is 5.99. The van der Waals surface area contributed by atoms with Gasteiger partial charge in [0.15, 0.2) is 0 Å². The summed E-state index contributed by atoms with van der Waals surface area (Å²) in [6, 6.07) is 7.55. The van der Waals surface area contributed by atoms with E-state index in [0.717, 1.165) is 11.0 Å². The Morgan fingerprint density at radius 3 is 2.00 bits per heavy atom. The zero-order valence-electron chi connectivity index (χ0n) is 11.2. The van der Waals surface area contributed by atoms with Crippen molar-refractivity contribution in [2.45, 2.75) is 38.9 Å². The molecule has 18 heavy (non-hydrogen) atoms. The minimum atomic E-state index is -0.352. The van der Waals surface area contributed by atoms with Gasteiger partial charge < -0.3 is 14.8 Å². The molecule has 5 heteroatoms. The second kappa shape index (κ2) is 4.36. The van der Waals surface area contributed by atoms with Crippen molar-refractivity contribution in [1.29, 1.82) is 0 Å². The van der Waals surface area contributed by atoms with Crippen LogP contribution < -0.4 is 5.46 Å². The van der Waals surface area contributed by atoms with E-state index in [4.69, 9.17) is 14.8 Å². The van der Waals surface area contributed by atoms with Crippen molar-refractivity contribution < 1.29 is 14.1 Å². The van der Waals surface area contributed by atoms with Crippen molar-refractivity contribution in [2.75, 3.05) is 0 Å². The first kappa shape index (κ1) is 13.0. The Bertz CT molecular complexity index is 474. The van der Waals surface area contributed by atoms with Crippen LogP contribution in [0.3, 0.4) is 0 Å². The molecule has 94 valence electrons. The highest BCUT2D eigenvalue weighted by Crippen LogP contribution is 2.36. The van der Waals surface area contributed by atoms with Crippen LogP contribution in [0.2, 0.25) is 0 Å². The Balaban J connectivity index is 2.22. The quantitative estimate of drug-likeness (QED) is 0.343. The fraction of sp³-hybridized carbons (Fsp3) is 0.462. The van der Waals surface area contributed by atoms with Crippen molar-refractivity contribution in [2.24, 2.45) is 0 Å². The summed E-state index contributed by atoms with van der Waals surface area (Å²) in [5.41, 5.74) is 9.59. The van der Waals surface area contributed by atoms with E-state index in [1.54, 1.807) is 0 Å². The van der Waals surface area contributed by atoms with E-state index in [-0.39, 0.29) is 18.3 Å². The summed E-state index contributed by atoms with van der Waals surface area (Å²) >= 11 is 0. The van der Waals surface area contributed by atoms with Gasteiger partial charge in [-0.2, -0.15) is 4.79 Å². The van der Waals surface area contributed by atoms with Crippen LogP contribution in [0, 0.1) is 0 Å². The highest BCUT2D eigenvalue weighted by molar-refractivity contribution is 6.62.